The van der Waals surface area contributed by atoms with Crippen molar-refractivity contribution in [3.8, 4) is 11.8 Å². The van der Waals surface area contributed by atoms with Gasteiger partial charge in [-0.25, -0.2) is 0 Å². The number of phenols is 1. The zero-order valence-corrected chi connectivity index (χ0v) is 10.9. The number of aryl methyl sites for hydroxylation is 1. The van der Waals surface area contributed by atoms with E-state index in [4.69, 9.17) is 17.5 Å². The summed E-state index contributed by atoms with van der Waals surface area (Å²) in [5.74, 6) is -0.444. The molecule has 2 rings (SSSR count). The largest absolute Gasteiger partial charge is 0.507 e. The summed E-state index contributed by atoms with van der Waals surface area (Å²) in [6, 6.07) is 8.12. The number of phenolic OH excluding ortho intramolecular Hbond substituents is 1. The Kier molecular flexibility index (Phi) is 3.45. The number of rotatable bonds is 2. The molecule has 0 radical (unpaired) electrons. The van der Waals surface area contributed by atoms with Gasteiger partial charge in [0.25, 0.3) is 0 Å². The van der Waals surface area contributed by atoms with Crippen LogP contribution in [0.4, 0.5) is 0 Å². The number of aromatic nitrogens is 1. The normalized spacial score (nSPS) is 9.89. The molecule has 5 heteroatoms. The van der Waals surface area contributed by atoms with Crippen molar-refractivity contribution < 1.29 is 9.90 Å². The van der Waals surface area contributed by atoms with E-state index in [1.807, 2.05) is 13.0 Å². The van der Waals surface area contributed by atoms with Gasteiger partial charge >= 0.3 is 0 Å². The summed E-state index contributed by atoms with van der Waals surface area (Å²) < 4.78 is 0.285. The summed E-state index contributed by atoms with van der Waals surface area (Å²) in [7, 11) is 0. The number of ketones is 1. The molecule has 0 fully saturated rings. The fourth-order valence-corrected chi connectivity index (χ4v) is 1.85. The van der Waals surface area contributed by atoms with E-state index in [0.29, 0.717) is 0 Å². The number of hydrogen-bond donors (Lipinski definition) is 2. The van der Waals surface area contributed by atoms with Crippen LogP contribution in [0.15, 0.2) is 30.5 Å². The van der Waals surface area contributed by atoms with E-state index in [0.717, 1.165) is 5.56 Å². The topological polar surface area (TPSA) is 76.9 Å². The van der Waals surface area contributed by atoms with Crippen molar-refractivity contribution in [2.45, 2.75) is 6.92 Å². The van der Waals surface area contributed by atoms with E-state index in [-0.39, 0.29) is 32.9 Å². The minimum absolute atomic E-state index is 0.0865. The summed E-state index contributed by atoms with van der Waals surface area (Å²) in [6.07, 6.45) is 1.44. The molecular weight excluding hydrogens is 260 g/mol. The third kappa shape index (κ3) is 2.54. The average Bonchev–Trinajstić information content (AvgIpc) is 2.41. The standard InChI is InChI=1S/C14H10N2O2S/c1-8-2-3-12(17)11(4-8)13(18)10-5-9(6-15)14(19)16-7-10/h2-5,7,17H,1H3,(H,16,19). The van der Waals surface area contributed by atoms with Gasteiger partial charge in [-0.3, -0.25) is 4.79 Å². The maximum atomic E-state index is 12.3. The molecule has 1 aromatic heterocycles. The van der Waals surface area contributed by atoms with Gasteiger partial charge in [-0.15, -0.1) is 0 Å². The minimum Gasteiger partial charge on any atom is -0.507 e. The monoisotopic (exact) mass is 270 g/mol. The summed E-state index contributed by atoms with van der Waals surface area (Å²) in [5.41, 5.74) is 1.58. The van der Waals surface area contributed by atoms with Crippen LogP contribution in [-0.2, 0) is 0 Å². The second-order valence-corrected chi connectivity index (χ2v) is 4.50. The lowest BCUT2D eigenvalue weighted by Crippen LogP contribution is -2.03. The Morgan fingerprint density at radius 3 is 2.84 bits per heavy atom. The highest BCUT2D eigenvalue weighted by Gasteiger charge is 2.14. The maximum absolute atomic E-state index is 12.3. The van der Waals surface area contributed by atoms with E-state index in [1.54, 1.807) is 12.1 Å². The second-order valence-electron chi connectivity index (χ2n) is 4.09. The zero-order valence-electron chi connectivity index (χ0n) is 10.1. The van der Waals surface area contributed by atoms with Crippen LogP contribution in [0, 0.1) is 22.9 Å². The van der Waals surface area contributed by atoms with Crippen LogP contribution in [0.5, 0.6) is 5.75 Å². The molecule has 2 N–H and O–H groups in total. The Bertz CT molecular complexity index is 757. The molecule has 0 bridgehead atoms. The molecule has 0 aliphatic rings. The number of nitriles is 1. The Morgan fingerprint density at radius 1 is 1.42 bits per heavy atom. The number of benzene rings is 1. The number of carbonyl (C=O) groups is 1. The highest BCUT2D eigenvalue weighted by molar-refractivity contribution is 7.71. The van der Waals surface area contributed by atoms with E-state index >= 15 is 0 Å². The Morgan fingerprint density at radius 2 is 2.16 bits per heavy atom. The predicted octanol–water partition coefficient (Wildman–Crippen LogP) is 2.86. The van der Waals surface area contributed by atoms with Gasteiger partial charge in [0.15, 0.2) is 5.78 Å². The molecule has 0 saturated heterocycles. The van der Waals surface area contributed by atoms with Crippen LogP contribution in [0.1, 0.15) is 27.0 Å². The van der Waals surface area contributed by atoms with Gasteiger partial charge in [0, 0.05) is 11.8 Å². The van der Waals surface area contributed by atoms with E-state index < -0.39 is 0 Å². The van der Waals surface area contributed by atoms with Crippen LogP contribution >= 0.6 is 12.2 Å². The molecule has 0 atom stereocenters. The molecule has 0 saturated carbocycles. The first-order valence-electron chi connectivity index (χ1n) is 5.50. The highest BCUT2D eigenvalue weighted by Crippen LogP contribution is 2.21. The van der Waals surface area contributed by atoms with Gasteiger partial charge in [-0.1, -0.05) is 23.8 Å². The van der Waals surface area contributed by atoms with Crippen molar-refractivity contribution in [1.82, 2.24) is 4.98 Å². The lowest BCUT2D eigenvalue weighted by atomic mass is 10.0. The van der Waals surface area contributed by atoms with Crippen LogP contribution in [0.3, 0.4) is 0 Å². The minimum atomic E-state index is -0.357. The fourth-order valence-electron chi connectivity index (χ4n) is 1.69. The van der Waals surface area contributed by atoms with E-state index in [9.17, 15) is 9.90 Å². The lowest BCUT2D eigenvalue weighted by Gasteiger charge is -2.05. The van der Waals surface area contributed by atoms with Crippen molar-refractivity contribution in [1.29, 1.82) is 5.26 Å². The van der Waals surface area contributed by atoms with Gasteiger partial charge in [0.2, 0.25) is 0 Å². The molecule has 1 aromatic carbocycles. The Hall–Kier alpha value is -2.45. The smallest absolute Gasteiger partial charge is 0.198 e. The van der Waals surface area contributed by atoms with Crippen molar-refractivity contribution in [2.24, 2.45) is 0 Å². The van der Waals surface area contributed by atoms with Crippen molar-refractivity contribution in [3.05, 3.63) is 57.4 Å². The second kappa shape index (κ2) is 5.04. The zero-order chi connectivity index (χ0) is 14.0. The number of hydrogen-bond acceptors (Lipinski definition) is 4. The fraction of sp³-hybridized carbons (Fsp3) is 0.0714. The van der Waals surface area contributed by atoms with E-state index in [2.05, 4.69) is 4.98 Å². The first kappa shape index (κ1) is 13.0. The van der Waals surface area contributed by atoms with E-state index in [1.165, 1.54) is 18.3 Å². The molecule has 0 spiro atoms. The Labute approximate surface area is 115 Å². The summed E-state index contributed by atoms with van der Waals surface area (Å²) in [5, 5.41) is 18.6. The van der Waals surface area contributed by atoms with Gasteiger partial charge in [-0.2, -0.15) is 5.26 Å². The number of carbonyl (C=O) groups excluding carboxylic acids is 1. The van der Waals surface area contributed by atoms with Gasteiger partial charge < -0.3 is 10.1 Å². The molecule has 0 amide bonds. The molecule has 0 aliphatic heterocycles. The number of nitrogens with one attached hydrogen (secondary N) is 1. The number of H-pyrrole nitrogens is 1. The molecule has 94 valence electrons. The molecule has 0 aliphatic carbocycles. The highest BCUT2D eigenvalue weighted by atomic mass is 32.1. The molecular formula is C14H10N2O2S. The van der Waals surface area contributed by atoms with Gasteiger partial charge in [0.05, 0.1) is 11.1 Å². The third-order valence-electron chi connectivity index (χ3n) is 2.68. The molecule has 19 heavy (non-hydrogen) atoms. The first-order valence-corrected chi connectivity index (χ1v) is 5.91. The molecule has 2 aromatic rings. The average molecular weight is 270 g/mol. The van der Waals surface area contributed by atoms with Crippen molar-refractivity contribution in [3.63, 3.8) is 0 Å². The SMILES string of the molecule is Cc1ccc(O)c(C(=O)c2c[nH]c(=S)c(C#N)c2)c1. The van der Waals surface area contributed by atoms with Gasteiger partial charge in [-0.05, 0) is 25.1 Å². The first-order chi connectivity index (χ1) is 9.02. The van der Waals surface area contributed by atoms with Crippen LogP contribution in [0.25, 0.3) is 0 Å². The number of nitrogens with zero attached hydrogens (tertiary/aromatic N) is 1. The van der Waals surface area contributed by atoms with Crippen molar-refractivity contribution in [2.75, 3.05) is 0 Å². The third-order valence-corrected chi connectivity index (χ3v) is 3.02. The van der Waals surface area contributed by atoms with Crippen LogP contribution < -0.4 is 0 Å². The predicted molar refractivity (Wildman–Crippen MR) is 72.6 cm³/mol. The number of pyridine rings is 1. The van der Waals surface area contributed by atoms with Crippen molar-refractivity contribution >= 4 is 18.0 Å². The number of aromatic hydroxyl groups is 1. The van der Waals surface area contributed by atoms with Crippen LogP contribution in [0.2, 0.25) is 0 Å². The maximum Gasteiger partial charge on any atom is 0.198 e. The molecule has 0 unspecified atom stereocenters. The summed E-state index contributed by atoms with van der Waals surface area (Å²) in [6.45, 7) is 1.83. The number of aromatic amines is 1. The summed E-state index contributed by atoms with van der Waals surface area (Å²) >= 11 is 4.92. The summed E-state index contributed by atoms with van der Waals surface area (Å²) in [4.78, 5) is 15.0. The molecule has 1 heterocycles. The Balaban J connectivity index is 2.54. The quantitative estimate of drug-likeness (QED) is 0.649. The van der Waals surface area contributed by atoms with Gasteiger partial charge in [0.1, 0.15) is 16.5 Å². The lowest BCUT2D eigenvalue weighted by molar-refractivity contribution is 0.103. The van der Waals surface area contributed by atoms with Crippen LogP contribution in [-0.4, -0.2) is 15.9 Å². The molecule has 4 nitrogen and oxygen atoms in total.